The molecule has 0 aliphatic carbocycles. The molecule has 1 fully saturated rings. The standard InChI is InChI=1S/C17H25N3O2/c1-12-11-20(10-9-18-12)15(21)13-7-5-6-8-14(13)19-16(22)17(2,3)4/h5-8,12,18H,9-11H2,1-4H3,(H,19,22). The summed E-state index contributed by atoms with van der Waals surface area (Å²) in [6, 6.07) is 7.49. The largest absolute Gasteiger partial charge is 0.336 e. The minimum absolute atomic E-state index is 0.0295. The van der Waals surface area contributed by atoms with Gasteiger partial charge in [-0.2, -0.15) is 0 Å². The molecule has 2 rings (SSSR count). The van der Waals surface area contributed by atoms with Crippen molar-refractivity contribution in [1.82, 2.24) is 10.2 Å². The Bertz CT molecular complexity index is 563. The van der Waals surface area contributed by atoms with Crippen molar-refractivity contribution in [2.45, 2.75) is 33.7 Å². The van der Waals surface area contributed by atoms with Crippen molar-refractivity contribution in [3.05, 3.63) is 29.8 Å². The van der Waals surface area contributed by atoms with Gasteiger partial charge in [0.2, 0.25) is 5.91 Å². The van der Waals surface area contributed by atoms with Crippen molar-refractivity contribution in [2.24, 2.45) is 5.41 Å². The SMILES string of the molecule is CC1CN(C(=O)c2ccccc2NC(=O)C(C)(C)C)CCN1. The van der Waals surface area contributed by atoms with Crippen LogP contribution in [0.1, 0.15) is 38.1 Å². The van der Waals surface area contributed by atoms with Gasteiger partial charge in [-0.05, 0) is 19.1 Å². The lowest BCUT2D eigenvalue weighted by Gasteiger charge is -2.32. The van der Waals surface area contributed by atoms with E-state index in [0.717, 1.165) is 6.54 Å². The van der Waals surface area contributed by atoms with E-state index in [0.29, 0.717) is 24.3 Å². The molecule has 1 aliphatic rings. The average Bonchev–Trinajstić information content (AvgIpc) is 2.46. The Hall–Kier alpha value is -1.88. The fourth-order valence-electron chi connectivity index (χ4n) is 2.38. The van der Waals surface area contributed by atoms with Crippen molar-refractivity contribution in [3.63, 3.8) is 0 Å². The Morgan fingerprint density at radius 3 is 2.59 bits per heavy atom. The second-order valence-corrected chi connectivity index (χ2v) is 6.86. The van der Waals surface area contributed by atoms with Crippen LogP contribution in [0.3, 0.4) is 0 Å². The highest BCUT2D eigenvalue weighted by Crippen LogP contribution is 2.22. The molecule has 5 heteroatoms. The molecule has 2 amide bonds. The van der Waals surface area contributed by atoms with Crippen LogP contribution in [0.5, 0.6) is 0 Å². The summed E-state index contributed by atoms with van der Waals surface area (Å²) < 4.78 is 0. The molecule has 0 spiro atoms. The zero-order chi connectivity index (χ0) is 16.3. The zero-order valence-electron chi connectivity index (χ0n) is 13.8. The Labute approximate surface area is 132 Å². The van der Waals surface area contributed by atoms with E-state index < -0.39 is 5.41 Å². The van der Waals surface area contributed by atoms with Crippen LogP contribution in [-0.4, -0.2) is 42.4 Å². The number of amides is 2. The number of para-hydroxylation sites is 1. The van der Waals surface area contributed by atoms with Gasteiger partial charge >= 0.3 is 0 Å². The molecule has 120 valence electrons. The molecule has 2 N–H and O–H groups in total. The molecule has 1 atom stereocenters. The lowest BCUT2D eigenvalue weighted by atomic mass is 9.95. The number of nitrogens with zero attached hydrogens (tertiary/aromatic N) is 1. The van der Waals surface area contributed by atoms with Gasteiger partial charge < -0.3 is 15.5 Å². The van der Waals surface area contributed by atoms with Crippen molar-refractivity contribution in [2.75, 3.05) is 25.0 Å². The Balaban J connectivity index is 2.20. The van der Waals surface area contributed by atoms with Crippen LogP contribution in [0.2, 0.25) is 0 Å². The normalized spacial score (nSPS) is 18.9. The third kappa shape index (κ3) is 3.85. The van der Waals surface area contributed by atoms with Crippen LogP contribution < -0.4 is 10.6 Å². The number of anilines is 1. The van der Waals surface area contributed by atoms with Gasteiger partial charge in [0.15, 0.2) is 0 Å². The third-order valence-corrected chi connectivity index (χ3v) is 3.74. The van der Waals surface area contributed by atoms with E-state index in [9.17, 15) is 9.59 Å². The minimum Gasteiger partial charge on any atom is -0.336 e. The first-order chi connectivity index (χ1) is 10.3. The van der Waals surface area contributed by atoms with Crippen molar-refractivity contribution in [3.8, 4) is 0 Å². The smallest absolute Gasteiger partial charge is 0.256 e. The summed E-state index contributed by atoms with van der Waals surface area (Å²) in [5.41, 5.74) is 0.632. The molecule has 0 aromatic heterocycles. The molecule has 1 saturated heterocycles. The molecule has 0 bridgehead atoms. The second-order valence-electron chi connectivity index (χ2n) is 6.86. The van der Waals surface area contributed by atoms with Gasteiger partial charge in [0, 0.05) is 31.1 Å². The molecule has 1 unspecified atom stereocenters. The van der Waals surface area contributed by atoms with Gasteiger partial charge in [-0.1, -0.05) is 32.9 Å². The maximum atomic E-state index is 12.7. The predicted octanol–water partition coefficient (Wildman–Crippen LogP) is 2.11. The minimum atomic E-state index is -0.500. The highest BCUT2D eigenvalue weighted by Gasteiger charge is 2.26. The number of hydrogen-bond donors (Lipinski definition) is 2. The maximum absolute atomic E-state index is 12.7. The number of rotatable bonds is 2. The summed E-state index contributed by atoms with van der Waals surface area (Å²) in [5, 5.41) is 6.20. The Morgan fingerprint density at radius 2 is 1.95 bits per heavy atom. The lowest BCUT2D eigenvalue weighted by Crippen LogP contribution is -2.51. The summed E-state index contributed by atoms with van der Waals surface area (Å²) in [7, 11) is 0. The predicted molar refractivity (Wildman–Crippen MR) is 87.9 cm³/mol. The highest BCUT2D eigenvalue weighted by molar-refractivity contribution is 6.04. The molecule has 1 heterocycles. The molecule has 0 saturated carbocycles. The van der Waals surface area contributed by atoms with Gasteiger partial charge in [0.25, 0.3) is 5.91 Å². The fourth-order valence-corrected chi connectivity index (χ4v) is 2.38. The second kappa shape index (κ2) is 6.48. The van der Waals surface area contributed by atoms with Crippen molar-refractivity contribution >= 4 is 17.5 Å². The summed E-state index contributed by atoms with van der Waals surface area (Å²) in [6.45, 7) is 9.78. The van der Waals surface area contributed by atoms with Gasteiger partial charge in [-0.3, -0.25) is 9.59 Å². The summed E-state index contributed by atoms with van der Waals surface area (Å²) in [5.74, 6) is -0.125. The van der Waals surface area contributed by atoms with Crippen LogP contribution in [0.25, 0.3) is 0 Å². The topological polar surface area (TPSA) is 61.4 Å². The average molecular weight is 303 g/mol. The van der Waals surface area contributed by atoms with Gasteiger partial charge in [-0.25, -0.2) is 0 Å². The van der Waals surface area contributed by atoms with Crippen molar-refractivity contribution < 1.29 is 9.59 Å². The number of carbonyl (C=O) groups is 2. The molecular weight excluding hydrogens is 278 g/mol. The molecule has 1 aromatic carbocycles. The van der Waals surface area contributed by atoms with E-state index in [1.54, 1.807) is 12.1 Å². The first-order valence-electron chi connectivity index (χ1n) is 7.72. The monoisotopic (exact) mass is 303 g/mol. The van der Waals surface area contributed by atoms with E-state index in [-0.39, 0.29) is 17.9 Å². The molecule has 1 aromatic rings. The number of hydrogen-bond acceptors (Lipinski definition) is 3. The first kappa shape index (κ1) is 16.5. The molecule has 22 heavy (non-hydrogen) atoms. The maximum Gasteiger partial charge on any atom is 0.256 e. The van der Waals surface area contributed by atoms with E-state index in [1.165, 1.54) is 0 Å². The van der Waals surface area contributed by atoms with Gasteiger partial charge in [0.1, 0.15) is 0 Å². The quantitative estimate of drug-likeness (QED) is 0.879. The van der Waals surface area contributed by atoms with Gasteiger partial charge in [0.05, 0.1) is 11.3 Å². The number of benzene rings is 1. The molecule has 0 radical (unpaired) electrons. The van der Waals surface area contributed by atoms with E-state index in [4.69, 9.17) is 0 Å². The molecule has 5 nitrogen and oxygen atoms in total. The Morgan fingerprint density at radius 1 is 1.27 bits per heavy atom. The fraction of sp³-hybridized carbons (Fsp3) is 0.529. The van der Waals surface area contributed by atoms with E-state index in [1.807, 2.05) is 37.8 Å². The highest BCUT2D eigenvalue weighted by atomic mass is 16.2. The third-order valence-electron chi connectivity index (χ3n) is 3.74. The van der Waals surface area contributed by atoms with E-state index >= 15 is 0 Å². The van der Waals surface area contributed by atoms with Crippen LogP contribution in [0, 0.1) is 5.41 Å². The summed E-state index contributed by atoms with van der Waals surface area (Å²) >= 11 is 0. The number of piperazine rings is 1. The van der Waals surface area contributed by atoms with Gasteiger partial charge in [-0.15, -0.1) is 0 Å². The Kier molecular flexibility index (Phi) is 4.86. The lowest BCUT2D eigenvalue weighted by molar-refractivity contribution is -0.123. The van der Waals surface area contributed by atoms with Crippen LogP contribution >= 0.6 is 0 Å². The van der Waals surface area contributed by atoms with Crippen LogP contribution in [0.15, 0.2) is 24.3 Å². The molecular formula is C17H25N3O2. The van der Waals surface area contributed by atoms with Crippen LogP contribution in [0.4, 0.5) is 5.69 Å². The summed E-state index contributed by atoms with van der Waals surface area (Å²) in [6.07, 6.45) is 0. The van der Waals surface area contributed by atoms with Crippen LogP contribution in [-0.2, 0) is 4.79 Å². The zero-order valence-corrected chi connectivity index (χ0v) is 13.8. The summed E-state index contributed by atoms with van der Waals surface area (Å²) in [4.78, 5) is 26.8. The number of nitrogens with one attached hydrogen (secondary N) is 2. The number of carbonyl (C=O) groups excluding carboxylic acids is 2. The van der Waals surface area contributed by atoms with E-state index in [2.05, 4.69) is 17.6 Å². The molecule has 1 aliphatic heterocycles. The first-order valence-corrected chi connectivity index (χ1v) is 7.72. The van der Waals surface area contributed by atoms with Crippen molar-refractivity contribution in [1.29, 1.82) is 0 Å².